The quantitative estimate of drug-likeness (QED) is 0.222. The largest absolute Gasteiger partial charge is 0.464 e. The highest BCUT2D eigenvalue weighted by molar-refractivity contribution is 6.08. The molecule has 2 aromatic heterocycles. The third-order valence-electron chi connectivity index (χ3n) is 6.42. The number of fused-ring (bicyclic) bond motifs is 2. The predicted molar refractivity (Wildman–Crippen MR) is 145 cm³/mol. The van der Waals surface area contributed by atoms with Gasteiger partial charge in [0.1, 0.15) is 0 Å². The Balaban J connectivity index is 2.00. The predicted octanol–water partition coefficient (Wildman–Crippen LogP) is 2.50. The van der Waals surface area contributed by atoms with E-state index in [2.05, 4.69) is 15.3 Å². The standard InChI is InChI=1S/C29H29N3O7/c1-4-38-27(36)29(32-17(3)33,28(37)39-5-2)16-22-20-11-7-9-13-24(20)31-26(35)21(22)14-18-15-25(34)30-23-12-8-6-10-19(18)23/h6-13,15H,4-5,14,16H2,1-3H3,(H,30,34)(H,31,35)(H,32,33). The second kappa shape index (κ2) is 11.3. The fourth-order valence-electron chi connectivity index (χ4n) is 4.80. The summed E-state index contributed by atoms with van der Waals surface area (Å²) < 4.78 is 10.5. The molecular weight excluding hydrogens is 502 g/mol. The Kier molecular flexibility index (Phi) is 7.94. The van der Waals surface area contributed by atoms with Gasteiger partial charge in [-0.15, -0.1) is 0 Å². The summed E-state index contributed by atoms with van der Waals surface area (Å²) >= 11 is 0. The second-order valence-corrected chi connectivity index (χ2v) is 9.04. The summed E-state index contributed by atoms with van der Waals surface area (Å²) in [6.07, 6.45) is -0.396. The number of H-pyrrole nitrogens is 2. The number of pyridine rings is 2. The fourth-order valence-corrected chi connectivity index (χ4v) is 4.80. The summed E-state index contributed by atoms with van der Waals surface area (Å²) in [4.78, 5) is 70.6. The number of esters is 2. The molecule has 3 N–H and O–H groups in total. The van der Waals surface area contributed by atoms with E-state index in [1.807, 2.05) is 12.1 Å². The maximum Gasteiger partial charge on any atom is 0.344 e. The van der Waals surface area contributed by atoms with Gasteiger partial charge in [0, 0.05) is 53.2 Å². The normalized spacial score (nSPS) is 11.4. The monoisotopic (exact) mass is 531 g/mol. The molecule has 0 fully saturated rings. The van der Waals surface area contributed by atoms with Gasteiger partial charge >= 0.3 is 11.9 Å². The number of amides is 1. The van der Waals surface area contributed by atoms with Gasteiger partial charge in [0.25, 0.3) is 5.56 Å². The van der Waals surface area contributed by atoms with Crippen molar-refractivity contribution in [2.24, 2.45) is 0 Å². The molecule has 0 spiro atoms. The van der Waals surface area contributed by atoms with Gasteiger partial charge in [-0.3, -0.25) is 14.4 Å². The molecule has 2 aromatic carbocycles. The van der Waals surface area contributed by atoms with E-state index in [1.165, 1.54) is 13.0 Å². The van der Waals surface area contributed by atoms with Crippen LogP contribution in [0.3, 0.4) is 0 Å². The van der Waals surface area contributed by atoms with Crippen LogP contribution in [0.25, 0.3) is 21.8 Å². The third kappa shape index (κ3) is 5.45. The lowest BCUT2D eigenvalue weighted by atomic mass is 9.85. The molecule has 202 valence electrons. The number of para-hydroxylation sites is 2. The van der Waals surface area contributed by atoms with E-state index in [0.717, 1.165) is 5.39 Å². The molecular formula is C29H29N3O7. The van der Waals surface area contributed by atoms with Gasteiger partial charge in [0.05, 0.1) is 13.2 Å². The zero-order chi connectivity index (χ0) is 28.2. The van der Waals surface area contributed by atoms with Crippen LogP contribution in [0.1, 0.15) is 37.5 Å². The number of carbonyl (C=O) groups excluding carboxylic acids is 3. The summed E-state index contributed by atoms with van der Waals surface area (Å²) in [6, 6.07) is 15.5. The van der Waals surface area contributed by atoms with Crippen LogP contribution in [-0.4, -0.2) is 46.6 Å². The van der Waals surface area contributed by atoms with Gasteiger partial charge in [-0.25, -0.2) is 9.59 Å². The Morgan fingerprint density at radius 1 is 0.821 bits per heavy atom. The Labute approximate surface area is 223 Å². The van der Waals surface area contributed by atoms with Crippen molar-refractivity contribution in [2.75, 3.05) is 13.2 Å². The molecule has 0 bridgehead atoms. The van der Waals surface area contributed by atoms with Crippen LogP contribution in [-0.2, 0) is 36.7 Å². The first-order valence-corrected chi connectivity index (χ1v) is 12.6. The first-order chi connectivity index (χ1) is 18.7. The molecule has 0 aliphatic carbocycles. The van der Waals surface area contributed by atoms with E-state index in [0.29, 0.717) is 27.5 Å². The summed E-state index contributed by atoms with van der Waals surface area (Å²) in [7, 11) is 0. The maximum atomic E-state index is 13.5. The van der Waals surface area contributed by atoms with Crippen molar-refractivity contribution < 1.29 is 23.9 Å². The molecule has 2 heterocycles. The van der Waals surface area contributed by atoms with Crippen molar-refractivity contribution in [3.8, 4) is 0 Å². The zero-order valence-electron chi connectivity index (χ0n) is 21.9. The van der Waals surface area contributed by atoms with E-state index in [9.17, 15) is 24.0 Å². The molecule has 0 saturated carbocycles. The van der Waals surface area contributed by atoms with E-state index in [-0.39, 0.29) is 30.8 Å². The average molecular weight is 532 g/mol. The van der Waals surface area contributed by atoms with E-state index < -0.39 is 35.4 Å². The van der Waals surface area contributed by atoms with Crippen molar-refractivity contribution >= 4 is 39.7 Å². The highest BCUT2D eigenvalue weighted by atomic mass is 16.6. The Hall–Kier alpha value is -4.73. The Morgan fingerprint density at radius 3 is 1.97 bits per heavy atom. The maximum absolute atomic E-state index is 13.5. The lowest BCUT2D eigenvalue weighted by molar-refractivity contribution is -0.167. The van der Waals surface area contributed by atoms with Gasteiger partial charge in [0.15, 0.2) is 0 Å². The molecule has 0 aliphatic rings. The number of rotatable bonds is 9. The lowest BCUT2D eigenvalue weighted by Crippen LogP contribution is -2.62. The first-order valence-electron chi connectivity index (χ1n) is 12.6. The average Bonchev–Trinajstić information content (AvgIpc) is 2.89. The number of ether oxygens (including phenoxy) is 2. The van der Waals surface area contributed by atoms with Crippen LogP contribution in [0.5, 0.6) is 0 Å². The molecule has 39 heavy (non-hydrogen) atoms. The van der Waals surface area contributed by atoms with Crippen LogP contribution in [0.2, 0.25) is 0 Å². The third-order valence-corrected chi connectivity index (χ3v) is 6.42. The Morgan fingerprint density at radius 2 is 1.38 bits per heavy atom. The summed E-state index contributed by atoms with van der Waals surface area (Å²) in [6.45, 7) is 4.22. The van der Waals surface area contributed by atoms with Gasteiger partial charge in [-0.1, -0.05) is 36.4 Å². The minimum atomic E-state index is -2.25. The number of hydrogen-bond donors (Lipinski definition) is 3. The van der Waals surface area contributed by atoms with Gasteiger partial charge < -0.3 is 24.8 Å². The highest BCUT2D eigenvalue weighted by Crippen LogP contribution is 2.28. The lowest BCUT2D eigenvalue weighted by Gasteiger charge is -2.30. The van der Waals surface area contributed by atoms with Crippen molar-refractivity contribution in [3.05, 3.63) is 92.0 Å². The van der Waals surface area contributed by atoms with Crippen molar-refractivity contribution in [1.29, 1.82) is 0 Å². The summed E-state index contributed by atoms with van der Waals surface area (Å²) in [5.74, 6) is -2.67. The van der Waals surface area contributed by atoms with E-state index in [4.69, 9.17) is 9.47 Å². The molecule has 1 amide bonds. The molecule has 10 heteroatoms. The number of hydrogen-bond acceptors (Lipinski definition) is 7. The second-order valence-electron chi connectivity index (χ2n) is 9.04. The molecule has 4 aromatic rings. The van der Waals surface area contributed by atoms with Crippen molar-refractivity contribution in [1.82, 2.24) is 15.3 Å². The molecule has 4 rings (SSSR count). The van der Waals surface area contributed by atoms with Crippen molar-refractivity contribution in [2.45, 2.75) is 39.2 Å². The van der Waals surface area contributed by atoms with Crippen LogP contribution in [0, 0.1) is 0 Å². The molecule has 0 radical (unpaired) electrons. The summed E-state index contributed by atoms with van der Waals surface area (Å²) in [5.41, 5.74) is -0.828. The number of carbonyl (C=O) groups is 3. The van der Waals surface area contributed by atoms with Crippen LogP contribution in [0.15, 0.2) is 64.2 Å². The minimum Gasteiger partial charge on any atom is -0.464 e. The van der Waals surface area contributed by atoms with Gasteiger partial charge in [-0.05, 0) is 37.1 Å². The van der Waals surface area contributed by atoms with Gasteiger partial charge in [-0.2, -0.15) is 0 Å². The van der Waals surface area contributed by atoms with E-state index >= 15 is 0 Å². The first kappa shape index (κ1) is 27.3. The number of nitrogens with one attached hydrogen (secondary N) is 3. The highest BCUT2D eigenvalue weighted by Gasteiger charge is 2.51. The SMILES string of the molecule is CCOC(=O)C(Cc1c(Cc2cc(=O)[nH]c3ccccc23)c(=O)[nH]c2ccccc12)(NC(C)=O)C(=O)OCC. The molecule has 0 saturated heterocycles. The topological polar surface area (TPSA) is 147 Å². The summed E-state index contributed by atoms with van der Waals surface area (Å²) in [5, 5.41) is 3.77. The van der Waals surface area contributed by atoms with Crippen LogP contribution in [0.4, 0.5) is 0 Å². The fraction of sp³-hybridized carbons (Fsp3) is 0.276. The molecule has 0 unspecified atom stereocenters. The van der Waals surface area contributed by atoms with Crippen LogP contribution >= 0.6 is 0 Å². The number of aromatic amines is 2. The molecule has 0 atom stereocenters. The van der Waals surface area contributed by atoms with Gasteiger partial charge in [0.2, 0.25) is 17.0 Å². The molecule has 10 nitrogen and oxygen atoms in total. The smallest absolute Gasteiger partial charge is 0.344 e. The van der Waals surface area contributed by atoms with E-state index in [1.54, 1.807) is 50.2 Å². The van der Waals surface area contributed by atoms with Crippen molar-refractivity contribution in [3.63, 3.8) is 0 Å². The minimum absolute atomic E-state index is 0.0156. The van der Waals surface area contributed by atoms with Crippen LogP contribution < -0.4 is 16.4 Å². The number of benzene rings is 2. The zero-order valence-corrected chi connectivity index (χ0v) is 21.9. The number of aromatic nitrogens is 2. The molecule has 0 aliphatic heterocycles. The Bertz CT molecular complexity index is 1670.